The summed E-state index contributed by atoms with van der Waals surface area (Å²) in [6.45, 7) is 5.39. The van der Waals surface area contributed by atoms with Gasteiger partial charge in [-0.1, -0.05) is 29.8 Å². The molecule has 2 aromatic carbocycles. The minimum absolute atomic E-state index is 0.515. The first-order valence-corrected chi connectivity index (χ1v) is 9.12. The van der Waals surface area contributed by atoms with Crippen molar-refractivity contribution in [2.45, 2.75) is 20.5 Å². The van der Waals surface area contributed by atoms with E-state index in [4.69, 9.17) is 17.0 Å². The smallest absolute Gasteiger partial charge is 0.186 e. The number of rotatable bonds is 6. The average Bonchev–Trinajstić information content (AvgIpc) is 2.56. The highest BCUT2D eigenvalue weighted by atomic mass is 127. The molecule has 0 saturated heterocycles. The topological polar surface area (TPSA) is 45.7 Å². The molecule has 0 bridgehead atoms. The molecular formula is C18H20IN3OS. The van der Waals surface area contributed by atoms with E-state index < -0.39 is 0 Å². The molecule has 0 unspecified atom stereocenters. The molecule has 0 aliphatic heterocycles. The zero-order chi connectivity index (χ0) is 17.4. The van der Waals surface area contributed by atoms with Gasteiger partial charge in [0.05, 0.1) is 9.78 Å². The summed E-state index contributed by atoms with van der Waals surface area (Å²) in [6, 6.07) is 14.3. The third-order valence-electron chi connectivity index (χ3n) is 3.19. The minimum Gasteiger partial charge on any atom is -0.488 e. The Morgan fingerprint density at radius 2 is 2.00 bits per heavy atom. The molecule has 6 heteroatoms. The van der Waals surface area contributed by atoms with Gasteiger partial charge in [-0.25, -0.2) is 0 Å². The molecule has 2 aromatic rings. The van der Waals surface area contributed by atoms with Crippen LogP contribution in [0.1, 0.15) is 23.6 Å². The van der Waals surface area contributed by atoms with Gasteiger partial charge >= 0.3 is 0 Å². The monoisotopic (exact) mass is 453 g/mol. The van der Waals surface area contributed by atoms with E-state index in [9.17, 15) is 0 Å². The third-order valence-corrected chi connectivity index (χ3v) is 4.27. The number of hydrogen-bond acceptors (Lipinski definition) is 3. The molecule has 126 valence electrons. The van der Waals surface area contributed by atoms with Crippen LogP contribution in [0.15, 0.2) is 47.6 Å². The lowest BCUT2D eigenvalue weighted by Crippen LogP contribution is -2.31. The second-order valence-corrected chi connectivity index (χ2v) is 6.76. The van der Waals surface area contributed by atoms with Crippen LogP contribution in [0, 0.1) is 10.5 Å². The van der Waals surface area contributed by atoms with Crippen molar-refractivity contribution in [3.63, 3.8) is 0 Å². The van der Waals surface area contributed by atoms with Gasteiger partial charge in [0, 0.05) is 6.54 Å². The molecule has 0 amide bonds. The maximum atomic E-state index is 5.89. The van der Waals surface area contributed by atoms with Crippen LogP contribution in [0.3, 0.4) is 0 Å². The zero-order valence-corrected chi connectivity index (χ0v) is 16.6. The molecule has 0 aliphatic carbocycles. The number of hydrazone groups is 1. The van der Waals surface area contributed by atoms with Crippen molar-refractivity contribution in [1.82, 2.24) is 10.7 Å². The SMILES string of the molecule is CCNC(=S)N/N=C\c1ccc(OCc2ccc(C)cc2)c(I)c1. The normalized spacial score (nSPS) is 10.6. The summed E-state index contributed by atoms with van der Waals surface area (Å²) >= 11 is 7.31. The fourth-order valence-corrected chi connectivity index (χ4v) is 2.82. The lowest BCUT2D eigenvalue weighted by atomic mass is 10.2. The van der Waals surface area contributed by atoms with Crippen molar-refractivity contribution in [2.24, 2.45) is 5.10 Å². The number of thiocarbonyl (C=S) groups is 1. The van der Waals surface area contributed by atoms with Gasteiger partial charge in [-0.15, -0.1) is 0 Å². The standard InChI is InChI=1S/C18H20IN3OS/c1-3-20-18(24)22-21-11-15-8-9-17(16(19)10-15)23-12-14-6-4-13(2)5-7-14/h4-11H,3,12H2,1-2H3,(H2,20,22,24)/b21-11-. The largest absolute Gasteiger partial charge is 0.488 e. The molecule has 0 atom stereocenters. The van der Waals surface area contributed by atoms with Crippen LogP contribution in [0.25, 0.3) is 0 Å². The van der Waals surface area contributed by atoms with Crippen LogP contribution < -0.4 is 15.5 Å². The molecule has 4 nitrogen and oxygen atoms in total. The van der Waals surface area contributed by atoms with Crippen LogP contribution in [0.5, 0.6) is 5.75 Å². The molecule has 0 heterocycles. The summed E-state index contributed by atoms with van der Waals surface area (Å²) in [4.78, 5) is 0. The van der Waals surface area contributed by atoms with Crippen LogP contribution in [0.4, 0.5) is 0 Å². The average molecular weight is 453 g/mol. The van der Waals surface area contributed by atoms with E-state index in [2.05, 4.69) is 69.6 Å². The summed E-state index contributed by atoms with van der Waals surface area (Å²) in [5.74, 6) is 0.865. The summed E-state index contributed by atoms with van der Waals surface area (Å²) < 4.78 is 6.93. The fraction of sp³-hybridized carbons (Fsp3) is 0.222. The maximum Gasteiger partial charge on any atom is 0.186 e. The Bertz CT molecular complexity index is 717. The first kappa shape index (κ1) is 18.7. The Kier molecular flexibility index (Phi) is 7.45. The summed E-state index contributed by atoms with van der Waals surface area (Å²) in [6.07, 6.45) is 1.73. The molecule has 2 rings (SSSR count). The highest BCUT2D eigenvalue weighted by molar-refractivity contribution is 14.1. The molecule has 0 spiro atoms. The van der Waals surface area contributed by atoms with Crippen molar-refractivity contribution < 1.29 is 4.74 Å². The van der Waals surface area contributed by atoms with Gasteiger partial charge in [0.2, 0.25) is 0 Å². The number of benzene rings is 2. The Morgan fingerprint density at radius 1 is 1.25 bits per heavy atom. The molecule has 0 saturated carbocycles. The lowest BCUT2D eigenvalue weighted by molar-refractivity contribution is 0.304. The van der Waals surface area contributed by atoms with E-state index >= 15 is 0 Å². The predicted molar refractivity (Wildman–Crippen MR) is 112 cm³/mol. The summed E-state index contributed by atoms with van der Waals surface area (Å²) in [5, 5.41) is 7.60. The minimum atomic E-state index is 0.515. The van der Waals surface area contributed by atoms with Gasteiger partial charge in [-0.3, -0.25) is 5.43 Å². The number of halogens is 1. The van der Waals surface area contributed by atoms with Gasteiger partial charge in [-0.2, -0.15) is 5.10 Å². The number of nitrogens with one attached hydrogen (secondary N) is 2. The van der Waals surface area contributed by atoms with Crippen molar-refractivity contribution in [1.29, 1.82) is 0 Å². The zero-order valence-electron chi connectivity index (χ0n) is 13.7. The van der Waals surface area contributed by atoms with Crippen LogP contribution in [-0.4, -0.2) is 17.9 Å². The Labute approximate surface area is 161 Å². The van der Waals surface area contributed by atoms with Crippen LogP contribution in [0.2, 0.25) is 0 Å². The fourth-order valence-electron chi connectivity index (χ4n) is 1.93. The predicted octanol–water partition coefficient (Wildman–Crippen LogP) is 4.00. The highest BCUT2D eigenvalue weighted by Crippen LogP contribution is 2.22. The Morgan fingerprint density at radius 3 is 2.67 bits per heavy atom. The summed E-state index contributed by atoms with van der Waals surface area (Å²) in [5.41, 5.74) is 6.16. The van der Waals surface area contributed by atoms with E-state index in [0.29, 0.717) is 11.7 Å². The number of nitrogens with zero attached hydrogens (tertiary/aromatic N) is 1. The second-order valence-electron chi connectivity index (χ2n) is 5.19. The quantitative estimate of drug-likeness (QED) is 0.301. The lowest BCUT2D eigenvalue weighted by Gasteiger charge is -2.09. The number of aryl methyl sites for hydroxylation is 1. The van der Waals surface area contributed by atoms with Crippen molar-refractivity contribution >= 4 is 46.1 Å². The first-order valence-electron chi connectivity index (χ1n) is 7.63. The molecular weight excluding hydrogens is 433 g/mol. The van der Waals surface area contributed by atoms with Gasteiger partial charge in [0.1, 0.15) is 12.4 Å². The molecule has 24 heavy (non-hydrogen) atoms. The van der Waals surface area contributed by atoms with Crippen molar-refractivity contribution in [3.05, 3.63) is 62.7 Å². The van der Waals surface area contributed by atoms with Gasteiger partial charge in [0.15, 0.2) is 5.11 Å². The van der Waals surface area contributed by atoms with E-state index in [-0.39, 0.29) is 0 Å². The molecule has 0 aromatic heterocycles. The van der Waals surface area contributed by atoms with Crippen molar-refractivity contribution in [2.75, 3.05) is 6.54 Å². The van der Waals surface area contributed by atoms with E-state index in [1.165, 1.54) is 5.56 Å². The van der Waals surface area contributed by atoms with Crippen molar-refractivity contribution in [3.8, 4) is 5.75 Å². The molecule has 0 aliphatic rings. The summed E-state index contributed by atoms with van der Waals surface area (Å²) in [7, 11) is 0. The Balaban J connectivity index is 1.92. The highest BCUT2D eigenvalue weighted by Gasteiger charge is 2.03. The second kappa shape index (κ2) is 9.58. The molecule has 0 radical (unpaired) electrons. The van der Waals surface area contributed by atoms with Gasteiger partial charge < -0.3 is 10.1 Å². The van der Waals surface area contributed by atoms with E-state index in [0.717, 1.165) is 27.0 Å². The first-order chi connectivity index (χ1) is 11.6. The third kappa shape index (κ3) is 6.09. The van der Waals surface area contributed by atoms with E-state index in [1.54, 1.807) is 6.21 Å². The van der Waals surface area contributed by atoms with Crippen LogP contribution in [-0.2, 0) is 6.61 Å². The van der Waals surface area contributed by atoms with E-state index in [1.807, 2.05) is 25.1 Å². The molecule has 2 N–H and O–H groups in total. The maximum absolute atomic E-state index is 5.89. The van der Waals surface area contributed by atoms with Gasteiger partial charge in [-0.05, 0) is 78.0 Å². The molecule has 0 fully saturated rings. The number of ether oxygens (including phenoxy) is 1. The number of hydrogen-bond donors (Lipinski definition) is 2. The van der Waals surface area contributed by atoms with Gasteiger partial charge in [0.25, 0.3) is 0 Å². The Hall–Kier alpha value is -1.67. The van der Waals surface area contributed by atoms with Crippen LogP contribution >= 0.6 is 34.8 Å².